The number of benzene rings is 21. The maximum absolute atomic E-state index is 6.57. The van der Waals surface area contributed by atoms with Crippen molar-refractivity contribution in [1.29, 1.82) is 0 Å². The molecular formula is C120H78O3. The zero-order valence-corrected chi connectivity index (χ0v) is 68.3. The van der Waals surface area contributed by atoms with E-state index in [0.717, 1.165) is 82.5 Å². The van der Waals surface area contributed by atoms with Crippen LogP contribution in [0.5, 0.6) is 0 Å². The van der Waals surface area contributed by atoms with Crippen molar-refractivity contribution >= 4 is 130 Å². The molecule has 0 fully saturated rings. The summed E-state index contributed by atoms with van der Waals surface area (Å²) in [5.74, 6) is 0. The van der Waals surface area contributed by atoms with Crippen LogP contribution < -0.4 is 0 Å². The molecule has 26 rings (SSSR count). The fraction of sp³-hybridized carbons (Fsp3) is 0.0500. The van der Waals surface area contributed by atoms with Crippen molar-refractivity contribution in [3.8, 4) is 111 Å². The summed E-state index contributed by atoms with van der Waals surface area (Å²) >= 11 is 0. The summed E-state index contributed by atoms with van der Waals surface area (Å²) in [6.45, 7) is 9.43. The van der Waals surface area contributed by atoms with Crippen LogP contribution >= 0.6 is 0 Å². The minimum absolute atomic E-state index is 0.0624. The molecule has 3 nitrogen and oxygen atoms in total. The second-order valence-corrected chi connectivity index (χ2v) is 34.7. The van der Waals surface area contributed by atoms with E-state index >= 15 is 0 Å². The van der Waals surface area contributed by atoms with Gasteiger partial charge in [-0.3, -0.25) is 0 Å². The van der Waals surface area contributed by atoms with Gasteiger partial charge in [0.25, 0.3) is 0 Å². The Balaban J connectivity index is 0.000000136. The van der Waals surface area contributed by atoms with E-state index < -0.39 is 0 Å². The largest absolute Gasteiger partial charge is 0.456 e. The smallest absolute Gasteiger partial charge is 0.143 e. The molecule has 0 spiro atoms. The molecule has 0 atom stereocenters. The molecule has 21 aromatic carbocycles. The minimum atomic E-state index is -0.0731. The van der Waals surface area contributed by atoms with Gasteiger partial charge in [0.2, 0.25) is 0 Å². The number of rotatable bonds is 8. The van der Waals surface area contributed by atoms with E-state index in [0.29, 0.717) is 0 Å². The van der Waals surface area contributed by atoms with Crippen LogP contribution in [-0.4, -0.2) is 0 Å². The summed E-state index contributed by atoms with van der Waals surface area (Å²) in [5, 5.41) is 21.8. The number of para-hydroxylation sites is 2. The van der Waals surface area contributed by atoms with Gasteiger partial charge in [0.15, 0.2) is 0 Å². The van der Waals surface area contributed by atoms with Crippen molar-refractivity contribution in [3.05, 3.63) is 423 Å². The molecule has 576 valence electrons. The predicted molar refractivity (Wildman–Crippen MR) is 518 cm³/mol. The van der Waals surface area contributed by atoms with Crippen LogP contribution in [0.15, 0.2) is 414 Å². The molecule has 0 bridgehead atoms. The Hall–Kier alpha value is -15.4. The van der Waals surface area contributed by atoms with Gasteiger partial charge in [0, 0.05) is 48.7 Å². The normalized spacial score (nSPS) is 13.2. The zero-order chi connectivity index (χ0) is 81.5. The molecule has 2 aliphatic rings. The SMILES string of the molecule is CC1(C)c2ccc(-c3ccc4oc5ccc(-c6c7ccccc7c(-c7cccc(-c8cccc9c8oc8ccccc89)c7)c7ccccc67)cc5c4c3)cc2-c2c1ccc1ccccc21.CC1(C)c2ccc(-c3ccc4oc5ccc(-c6c7ccccc7c(-c7cccc(-c8ccccc8)c7)c7ccccc67)cc5c4c3)cc2-c2c1ccc1ccccc21. The van der Waals surface area contributed by atoms with Crippen molar-refractivity contribution in [2.45, 2.75) is 38.5 Å². The highest BCUT2D eigenvalue weighted by Gasteiger charge is 2.39. The van der Waals surface area contributed by atoms with E-state index in [2.05, 4.69) is 422 Å². The second-order valence-electron chi connectivity index (χ2n) is 34.7. The van der Waals surface area contributed by atoms with Crippen LogP contribution in [0.4, 0.5) is 0 Å². The highest BCUT2D eigenvalue weighted by atomic mass is 16.3. The molecule has 0 amide bonds. The number of fused-ring (bicyclic) bond motifs is 23. The van der Waals surface area contributed by atoms with Crippen LogP contribution in [0.25, 0.3) is 242 Å². The lowest BCUT2D eigenvalue weighted by molar-refractivity contribution is 0.661. The average molecular weight is 1570 g/mol. The molecule has 0 saturated carbocycles. The number of hydrogen-bond acceptors (Lipinski definition) is 3. The predicted octanol–water partition coefficient (Wildman–Crippen LogP) is 33.9. The van der Waals surface area contributed by atoms with Crippen molar-refractivity contribution in [3.63, 3.8) is 0 Å². The summed E-state index contributed by atoms with van der Waals surface area (Å²) in [7, 11) is 0. The molecule has 24 aromatic rings. The van der Waals surface area contributed by atoms with E-state index in [9.17, 15) is 0 Å². The van der Waals surface area contributed by atoms with Crippen LogP contribution in [0.2, 0.25) is 0 Å². The van der Waals surface area contributed by atoms with E-state index in [1.165, 1.54) is 181 Å². The Labute approximate surface area is 711 Å². The second kappa shape index (κ2) is 27.0. The Morgan fingerprint density at radius 3 is 0.894 bits per heavy atom. The van der Waals surface area contributed by atoms with E-state index in [1.807, 2.05) is 6.07 Å². The van der Waals surface area contributed by atoms with Crippen LogP contribution in [-0.2, 0) is 10.8 Å². The molecule has 0 N–H and O–H groups in total. The molecule has 3 heteroatoms. The van der Waals surface area contributed by atoms with Gasteiger partial charge in [0.05, 0.1) is 0 Å². The lowest BCUT2D eigenvalue weighted by atomic mass is 9.82. The first-order valence-corrected chi connectivity index (χ1v) is 42.8. The van der Waals surface area contributed by atoms with E-state index in [1.54, 1.807) is 0 Å². The maximum atomic E-state index is 6.57. The molecule has 0 radical (unpaired) electrons. The van der Waals surface area contributed by atoms with Crippen molar-refractivity contribution in [2.24, 2.45) is 0 Å². The molecule has 0 unspecified atom stereocenters. The molecule has 3 aromatic heterocycles. The number of furan rings is 3. The standard InChI is InChI=1S/C63H40O2.C57H38O/c1-63(2)54-29-26-38(35-53(54)61-43-16-4-3-13-37(43)25-30-55(61)63)39-27-31-57-51(34-39)52-36-42(28-32-58(52)64-57)60-48-20-7-5-18-46(48)59(47-19-6-8-21-49(47)60)41-15-11-14-40(33-41)44-22-12-23-50-45-17-9-10-24-56(45)65-62(44)50;1-57(2)50-27-24-38(33-49(50)56-42-18-7-6-15-36(42)23-28-51(56)57)39-25-29-52-47(32-39)48-34-41(26-30-53(48)58-52)55-45-21-10-8-19-43(45)54(44-20-9-11-22-46(44)55)40-17-12-16-37(31-40)35-13-4-3-5-14-35/h3-36H,1-2H3;3-34H,1-2H3. The Kier molecular flexibility index (Phi) is 15.5. The Morgan fingerprint density at radius 2 is 0.447 bits per heavy atom. The van der Waals surface area contributed by atoms with Gasteiger partial charge >= 0.3 is 0 Å². The Morgan fingerprint density at radius 1 is 0.154 bits per heavy atom. The molecular weight excluding hydrogens is 1490 g/mol. The van der Waals surface area contributed by atoms with Crippen LogP contribution in [0.1, 0.15) is 49.9 Å². The fourth-order valence-corrected chi connectivity index (χ4v) is 21.4. The van der Waals surface area contributed by atoms with Gasteiger partial charge < -0.3 is 13.3 Å². The topological polar surface area (TPSA) is 39.4 Å². The highest BCUT2D eigenvalue weighted by Crippen LogP contribution is 2.56. The summed E-state index contributed by atoms with van der Waals surface area (Å²) < 4.78 is 19.6. The van der Waals surface area contributed by atoms with Gasteiger partial charge in [-0.1, -0.05) is 349 Å². The highest BCUT2D eigenvalue weighted by molar-refractivity contribution is 6.25. The summed E-state index contributed by atoms with van der Waals surface area (Å²) in [6.07, 6.45) is 0. The molecule has 3 heterocycles. The summed E-state index contributed by atoms with van der Waals surface area (Å²) in [4.78, 5) is 0. The third kappa shape index (κ3) is 10.9. The maximum Gasteiger partial charge on any atom is 0.143 e. The van der Waals surface area contributed by atoms with Gasteiger partial charge in [-0.25, -0.2) is 0 Å². The third-order valence-electron chi connectivity index (χ3n) is 27.3. The van der Waals surface area contributed by atoms with Gasteiger partial charge in [0.1, 0.15) is 33.5 Å². The molecule has 0 saturated heterocycles. The zero-order valence-electron chi connectivity index (χ0n) is 68.3. The molecule has 0 aliphatic heterocycles. The minimum Gasteiger partial charge on any atom is -0.456 e. The van der Waals surface area contributed by atoms with Gasteiger partial charge in [-0.05, 0) is 271 Å². The van der Waals surface area contributed by atoms with E-state index in [4.69, 9.17) is 13.3 Å². The first-order chi connectivity index (χ1) is 60.5. The third-order valence-corrected chi connectivity index (χ3v) is 27.3. The molecule has 2 aliphatic carbocycles. The lowest BCUT2D eigenvalue weighted by Gasteiger charge is -2.21. The van der Waals surface area contributed by atoms with Crippen molar-refractivity contribution < 1.29 is 13.3 Å². The van der Waals surface area contributed by atoms with Crippen molar-refractivity contribution in [2.75, 3.05) is 0 Å². The lowest BCUT2D eigenvalue weighted by Crippen LogP contribution is -2.14. The first-order valence-electron chi connectivity index (χ1n) is 42.8. The quantitative estimate of drug-likeness (QED) is 0.142. The fourth-order valence-electron chi connectivity index (χ4n) is 21.4. The number of hydrogen-bond donors (Lipinski definition) is 0. The van der Waals surface area contributed by atoms with Gasteiger partial charge in [-0.15, -0.1) is 0 Å². The van der Waals surface area contributed by atoms with Crippen molar-refractivity contribution in [1.82, 2.24) is 0 Å². The van der Waals surface area contributed by atoms with Crippen LogP contribution in [0.3, 0.4) is 0 Å². The Bertz CT molecular complexity index is 8520. The summed E-state index contributed by atoms with van der Waals surface area (Å²) in [5.41, 5.74) is 35.4. The average Bonchev–Trinajstić information content (AvgIpc) is 1.52. The van der Waals surface area contributed by atoms with Gasteiger partial charge in [-0.2, -0.15) is 0 Å². The first kappa shape index (κ1) is 70.6. The molecule has 123 heavy (non-hydrogen) atoms. The van der Waals surface area contributed by atoms with E-state index in [-0.39, 0.29) is 10.8 Å². The monoisotopic (exact) mass is 1570 g/mol. The van der Waals surface area contributed by atoms with Crippen LogP contribution in [0, 0.1) is 0 Å². The summed E-state index contributed by atoms with van der Waals surface area (Å²) in [6, 6.07) is 147.